The summed E-state index contributed by atoms with van der Waals surface area (Å²) in [4.78, 5) is 3.93. The molecule has 0 aromatic carbocycles. The Bertz CT molecular complexity index is 404. The second-order valence-electron chi connectivity index (χ2n) is 4.73. The number of nitrogens with two attached hydrogens (primary N) is 1. The zero-order valence-electron chi connectivity index (χ0n) is 11.0. The summed E-state index contributed by atoms with van der Waals surface area (Å²) in [5.74, 6) is 5.84. The molecule has 0 aliphatic carbocycles. The molecule has 1 aromatic rings. The Morgan fingerprint density at radius 3 is 2.42 bits per heavy atom. The van der Waals surface area contributed by atoms with Crippen molar-refractivity contribution in [3.05, 3.63) is 17.7 Å². The number of pyridine rings is 1. The van der Waals surface area contributed by atoms with Gasteiger partial charge >= 0.3 is 6.18 Å². The molecule has 0 unspecified atom stereocenters. The Balaban J connectivity index is 2.72. The van der Waals surface area contributed by atoms with E-state index in [1.165, 1.54) is 0 Å². The lowest BCUT2D eigenvalue weighted by molar-refractivity contribution is -0.137. The molecule has 0 bridgehead atoms. The fourth-order valence-electron chi connectivity index (χ4n) is 1.59. The first-order valence-corrected chi connectivity index (χ1v) is 6.12. The van der Waals surface area contributed by atoms with Crippen LogP contribution in [0.4, 0.5) is 24.8 Å². The van der Waals surface area contributed by atoms with E-state index in [0.717, 1.165) is 25.0 Å². The normalized spacial score (nSPS) is 11.7. The van der Waals surface area contributed by atoms with Gasteiger partial charge in [-0.15, -0.1) is 0 Å². The lowest BCUT2D eigenvalue weighted by Gasteiger charge is -2.12. The second-order valence-corrected chi connectivity index (χ2v) is 4.73. The Morgan fingerprint density at radius 2 is 1.89 bits per heavy atom. The van der Waals surface area contributed by atoms with Gasteiger partial charge in [-0.05, 0) is 30.9 Å². The van der Waals surface area contributed by atoms with Crippen LogP contribution in [0.25, 0.3) is 0 Å². The van der Waals surface area contributed by atoms with Gasteiger partial charge in [0, 0.05) is 6.54 Å². The van der Waals surface area contributed by atoms with Gasteiger partial charge in [0.2, 0.25) is 0 Å². The summed E-state index contributed by atoms with van der Waals surface area (Å²) in [5.41, 5.74) is 1.36. The van der Waals surface area contributed by atoms with Crippen molar-refractivity contribution in [3.63, 3.8) is 0 Å². The van der Waals surface area contributed by atoms with E-state index >= 15 is 0 Å². The highest BCUT2D eigenvalue weighted by molar-refractivity contribution is 5.49. The van der Waals surface area contributed by atoms with Gasteiger partial charge in [0.05, 0.1) is 5.56 Å². The molecule has 0 amide bonds. The zero-order valence-corrected chi connectivity index (χ0v) is 11.0. The van der Waals surface area contributed by atoms with Crippen molar-refractivity contribution in [1.82, 2.24) is 4.98 Å². The van der Waals surface area contributed by atoms with Gasteiger partial charge in [-0.3, -0.25) is 0 Å². The first-order chi connectivity index (χ1) is 8.82. The lowest BCUT2D eigenvalue weighted by Crippen LogP contribution is -2.14. The average molecular weight is 276 g/mol. The maximum Gasteiger partial charge on any atom is 0.416 e. The molecule has 0 saturated carbocycles. The van der Waals surface area contributed by atoms with Crippen LogP contribution < -0.4 is 16.6 Å². The van der Waals surface area contributed by atoms with E-state index < -0.39 is 11.7 Å². The van der Waals surface area contributed by atoms with Crippen LogP contribution in [0.3, 0.4) is 0 Å². The second kappa shape index (κ2) is 6.60. The van der Waals surface area contributed by atoms with E-state index in [1.54, 1.807) is 0 Å². The monoisotopic (exact) mass is 276 g/mol. The molecule has 1 heterocycles. The number of halogens is 3. The highest BCUT2D eigenvalue weighted by Gasteiger charge is 2.31. The number of hydrogen-bond donors (Lipinski definition) is 3. The number of nitrogens with one attached hydrogen (secondary N) is 2. The molecule has 0 aliphatic heterocycles. The van der Waals surface area contributed by atoms with Crippen molar-refractivity contribution in [3.8, 4) is 0 Å². The molecular weight excluding hydrogens is 257 g/mol. The van der Waals surface area contributed by atoms with E-state index in [0.29, 0.717) is 12.5 Å². The van der Waals surface area contributed by atoms with Crippen molar-refractivity contribution in [2.45, 2.75) is 32.9 Å². The van der Waals surface area contributed by atoms with Crippen LogP contribution in [0.2, 0.25) is 0 Å². The molecule has 0 aliphatic rings. The number of aromatic nitrogens is 1. The first kappa shape index (κ1) is 15.6. The topological polar surface area (TPSA) is 63.0 Å². The lowest BCUT2D eigenvalue weighted by atomic mass is 10.1. The molecule has 4 nitrogen and oxygen atoms in total. The molecule has 7 heteroatoms. The molecule has 0 atom stereocenters. The molecule has 0 spiro atoms. The summed E-state index contributed by atoms with van der Waals surface area (Å²) in [6.45, 7) is 4.77. The fraction of sp³-hybridized carbons (Fsp3) is 0.583. The predicted octanol–water partition coefficient (Wildman–Crippen LogP) is 3.23. The minimum Gasteiger partial charge on any atom is -0.370 e. The van der Waals surface area contributed by atoms with Gasteiger partial charge in [0.1, 0.15) is 11.6 Å². The Hall–Kier alpha value is -1.50. The number of nitrogens with zero attached hydrogens (tertiary/aromatic N) is 1. The van der Waals surface area contributed by atoms with Crippen LogP contribution in [0.15, 0.2) is 12.1 Å². The SMILES string of the molecule is CC(C)CCCNc1cc(C(F)(F)F)cc(NN)n1. The third kappa shape index (κ3) is 5.34. The van der Waals surface area contributed by atoms with Crippen LogP contribution in [-0.4, -0.2) is 11.5 Å². The van der Waals surface area contributed by atoms with Gasteiger partial charge < -0.3 is 10.7 Å². The van der Waals surface area contributed by atoms with Crippen LogP contribution in [0.1, 0.15) is 32.3 Å². The average Bonchev–Trinajstić information content (AvgIpc) is 2.33. The van der Waals surface area contributed by atoms with Crippen molar-refractivity contribution < 1.29 is 13.2 Å². The van der Waals surface area contributed by atoms with Crippen molar-refractivity contribution in [2.24, 2.45) is 11.8 Å². The number of hydrogen-bond acceptors (Lipinski definition) is 4. The maximum absolute atomic E-state index is 12.7. The van der Waals surface area contributed by atoms with Crippen LogP contribution in [-0.2, 0) is 6.18 Å². The standard InChI is InChI=1S/C12H19F3N4/c1-8(2)4-3-5-17-10-6-9(12(13,14)15)7-11(18-10)19-16/h6-8H,3-5,16H2,1-2H3,(H2,17,18,19). The summed E-state index contributed by atoms with van der Waals surface area (Å²) in [6.07, 6.45) is -2.53. The molecule has 1 aromatic heterocycles. The van der Waals surface area contributed by atoms with E-state index in [1.807, 2.05) is 0 Å². The van der Waals surface area contributed by atoms with Crippen LogP contribution in [0.5, 0.6) is 0 Å². The first-order valence-electron chi connectivity index (χ1n) is 6.12. The van der Waals surface area contributed by atoms with Crippen LogP contribution >= 0.6 is 0 Å². The zero-order chi connectivity index (χ0) is 14.5. The molecule has 108 valence electrons. The summed E-state index contributed by atoms with van der Waals surface area (Å²) >= 11 is 0. The Kier molecular flexibility index (Phi) is 5.41. The summed E-state index contributed by atoms with van der Waals surface area (Å²) in [6, 6.07) is 1.86. The highest BCUT2D eigenvalue weighted by atomic mass is 19.4. The minimum absolute atomic E-state index is 0.0128. The van der Waals surface area contributed by atoms with E-state index in [2.05, 4.69) is 29.6 Å². The number of rotatable bonds is 6. The molecular formula is C12H19F3N4. The van der Waals surface area contributed by atoms with E-state index in [4.69, 9.17) is 5.84 Å². The van der Waals surface area contributed by atoms with Crippen molar-refractivity contribution in [1.29, 1.82) is 0 Å². The molecule has 0 fully saturated rings. The Morgan fingerprint density at radius 1 is 1.26 bits per heavy atom. The third-order valence-electron chi connectivity index (χ3n) is 2.56. The van der Waals surface area contributed by atoms with Crippen molar-refractivity contribution >= 4 is 11.6 Å². The largest absolute Gasteiger partial charge is 0.416 e. The molecule has 4 N–H and O–H groups in total. The van der Waals surface area contributed by atoms with Crippen LogP contribution in [0, 0.1) is 5.92 Å². The number of nitrogen functional groups attached to an aromatic ring is 1. The smallest absolute Gasteiger partial charge is 0.370 e. The van der Waals surface area contributed by atoms with Gasteiger partial charge in [-0.1, -0.05) is 13.8 Å². The quantitative estimate of drug-likeness (QED) is 0.424. The van der Waals surface area contributed by atoms with E-state index in [-0.39, 0.29) is 11.6 Å². The predicted molar refractivity (Wildman–Crippen MR) is 69.6 cm³/mol. The van der Waals surface area contributed by atoms with Gasteiger partial charge in [0.25, 0.3) is 0 Å². The third-order valence-corrected chi connectivity index (χ3v) is 2.56. The maximum atomic E-state index is 12.7. The summed E-state index contributed by atoms with van der Waals surface area (Å²) in [5, 5.41) is 2.88. The minimum atomic E-state index is -4.41. The molecule has 0 radical (unpaired) electrons. The van der Waals surface area contributed by atoms with E-state index in [9.17, 15) is 13.2 Å². The summed E-state index contributed by atoms with van der Waals surface area (Å²) < 4.78 is 38.0. The van der Waals surface area contributed by atoms with Gasteiger partial charge in [-0.2, -0.15) is 13.2 Å². The molecule has 19 heavy (non-hydrogen) atoms. The van der Waals surface area contributed by atoms with Gasteiger partial charge in [-0.25, -0.2) is 10.8 Å². The number of alkyl halides is 3. The number of anilines is 2. The molecule has 1 rings (SSSR count). The van der Waals surface area contributed by atoms with Crippen molar-refractivity contribution in [2.75, 3.05) is 17.3 Å². The Labute approximate surface area is 110 Å². The highest BCUT2D eigenvalue weighted by Crippen LogP contribution is 2.31. The fourth-order valence-corrected chi connectivity index (χ4v) is 1.59. The number of hydrazine groups is 1. The molecule has 0 saturated heterocycles. The summed E-state index contributed by atoms with van der Waals surface area (Å²) in [7, 11) is 0. The van der Waals surface area contributed by atoms with Gasteiger partial charge in [0.15, 0.2) is 0 Å².